The van der Waals surface area contributed by atoms with Crippen LogP contribution in [0, 0.1) is 0 Å². The van der Waals surface area contributed by atoms with Gasteiger partial charge >= 0.3 is 0 Å². The van der Waals surface area contributed by atoms with Crippen LogP contribution >= 0.6 is 0 Å². The molecule has 118 valence electrons. The normalized spacial score (nSPS) is 11.5. The van der Waals surface area contributed by atoms with E-state index >= 15 is 0 Å². The van der Waals surface area contributed by atoms with Crippen LogP contribution in [0.2, 0.25) is 0 Å². The molecule has 3 rings (SSSR count). The highest BCUT2D eigenvalue weighted by atomic mass is 14.8. The van der Waals surface area contributed by atoms with Crippen LogP contribution in [0.1, 0.15) is 16.7 Å². The van der Waals surface area contributed by atoms with Crippen LogP contribution in [-0.4, -0.2) is 18.1 Å². The van der Waals surface area contributed by atoms with E-state index in [1.807, 2.05) is 12.2 Å². The van der Waals surface area contributed by atoms with Gasteiger partial charge in [-0.3, -0.25) is 0 Å². The number of nitrogens with one attached hydrogen (secondary N) is 2. The van der Waals surface area contributed by atoms with Crippen molar-refractivity contribution >= 4 is 17.0 Å². The smallest absolute Gasteiger partial charge is 0.0456 e. The van der Waals surface area contributed by atoms with E-state index in [0.29, 0.717) is 6.54 Å². The SMILES string of the molecule is NC/C=C/c1ccc(CNCCc2c[nH]c3ccccc23)cc1. The van der Waals surface area contributed by atoms with Gasteiger partial charge in [0, 0.05) is 30.2 Å². The molecule has 0 aliphatic heterocycles. The minimum atomic E-state index is 0.580. The predicted molar refractivity (Wildman–Crippen MR) is 98.2 cm³/mol. The van der Waals surface area contributed by atoms with Crippen LogP contribution < -0.4 is 11.1 Å². The molecule has 0 unspecified atom stereocenters. The van der Waals surface area contributed by atoms with Crippen molar-refractivity contribution in [1.82, 2.24) is 10.3 Å². The molecular formula is C20H23N3. The number of benzene rings is 2. The van der Waals surface area contributed by atoms with Crippen molar-refractivity contribution in [3.8, 4) is 0 Å². The van der Waals surface area contributed by atoms with Crippen molar-refractivity contribution in [3.63, 3.8) is 0 Å². The first-order valence-electron chi connectivity index (χ1n) is 8.08. The third kappa shape index (κ3) is 4.09. The summed E-state index contributed by atoms with van der Waals surface area (Å²) in [7, 11) is 0. The molecule has 0 atom stereocenters. The molecule has 1 heterocycles. The second-order valence-corrected chi connectivity index (χ2v) is 5.67. The van der Waals surface area contributed by atoms with Crippen molar-refractivity contribution < 1.29 is 0 Å². The minimum Gasteiger partial charge on any atom is -0.361 e. The molecule has 3 aromatic rings. The second-order valence-electron chi connectivity index (χ2n) is 5.67. The van der Waals surface area contributed by atoms with Gasteiger partial charge in [0.25, 0.3) is 0 Å². The van der Waals surface area contributed by atoms with Crippen LogP contribution in [0.25, 0.3) is 17.0 Å². The van der Waals surface area contributed by atoms with Crippen molar-refractivity contribution in [3.05, 3.63) is 77.5 Å². The van der Waals surface area contributed by atoms with E-state index in [2.05, 4.69) is 65.0 Å². The summed E-state index contributed by atoms with van der Waals surface area (Å²) in [5.41, 5.74) is 10.5. The third-order valence-corrected chi connectivity index (χ3v) is 4.00. The lowest BCUT2D eigenvalue weighted by Gasteiger charge is -2.05. The number of hydrogen-bond donors (Lipinski definition) is 3. The molecule has 0 saturated heterocycles. The van der Waals surface area contributed by atoms with E-state index in [1.165, 1.54) is 27.6 Å². The van der Waals surface area contributed by atoms with E-state index in [-0.39, 0.29) is 0 Å². The monoisotopic (exact) mass is 305 g/mol. The Morgan fingerprint density at radius 1 is 1.04 bits per heavy atom. The van der Waals surface area contributed by atoms with Gasteiger partial charge in [-0.25, -0.2) is 0 Å². The first-order chi connectivity index (χ1) is 11.4. The van der Waals surface area contributed by atoms with Crippen LogP contribution in [0.5, 0.6) is 0 Å². The van der Waals surface area contributed by atoms with E-state index < -0.39 is 0 Å². The molecule has 3 heteroatoms. The Morgan fingerprint density at radius 3 is 2.70 bits per heavy atom. The quantitative estimate of drug-likeness (QED) is 0.585. The van der Waals surface area contributed by atoms with Gasteiger partial charge in [-0.15, -0.1) is 0 Å². The summed E-state index contributed by atoms with van der Waals surface area (Å²) in [5, 5.41) is 4.84. The van der Waals surface area contributed by atoms with E-state index in [4.69, 9.17) is 5.73 Å². The van der Waals surface area contributed by atoms with Gasteiger partial charge < -0.3 is 16.0 Å². The van der Waals surface area contributed by atoms with E-state index in [0.717, 1.165) is 19.5 Å². The van der Waals surface area contributed by atoms with Gasteiger partial charge in [0.05, 0.1) is 0 Å². The zero-order valence-corrected chi connectivity index (χ0v) is 13.3. The lowest BCUT2D eigenvalue weighted by molar-refractivity contribution is 0.688. The molecular weight excluding hydrogens is 282 g/mol. The molecule has 23 heavy (non-hydrogen) atoms. The van der Waals surface area contributed by atoms with E-state index in [1.54, 1.807) is 0 Å². The molecule has 0 aliphatic carbocycles. The van der Waals surface area contributed by atoms with Crippen molar-refractivity contribution in [1.29, 1.82) is 0 Å². The van der Waals surface area contributed by atoms with Gasteiger partial charge in [-0.1, -0.05) is 54.6 Å². The average molecular weight is 305 g/mol. The number of hydrogen-bond acceptors (Lipinski definition) is 2. The highest BCUT2D eigenvalue weighted by Gasteiger charge is 2.02. The molecule has 0 bridgehead atoms. The van der Waals surface area contributed by atoms with Gasteiger partial charge in [-0.2, -0.15) is 0 Å². The highest BCUT2D eigenvalue weighted by Crippen LogP contribution is 2.17. The Balaban J connectivity index is 1.49. The summed E-state index contributed by atoms with van der Waals surface area (Å²) in [6.07, 6.45) is 7.16. The number of aromatic nitrogens is 1. The lowest BCUT2D eigenvalue weighted by atomic mass is 10.1. The van der Waals surface area contributed by atoms with Crippen molar-refractivity contribution in [2.75, 3.05) is 13.1 Å². The number of aromatic amines is 1. The molecule has 0 fully saturated rings. The van der Waals surface area contributed by atoms with Crippen LogP contribution in [0.3, 0.4) is 0 Å². The molecule has 2 aromatic carbocycles. The number of rotatable bonds is 7. The maximum atomic E-state index is 5.46. The number of nitrogens with two attached hydrogens (primary N) is 1. The Morgan fingerprint density at radius 2 is 1.87 bits per heavy atom. The summed E-state index contributed by atoms with van der Waals surface area (Å²) < 4.78 is 0. The summed E-state index contributed by atoms with van der Waals surface area (Å²) in [4.78, 5) is 3.33. The molecule has 0 saturated carbocycles. The Bertz CT molecular complexity index is 769. The number of H-pyrrole nitrogens is 1. The zero-order chi connectivity index (χ0) is 15.9. The summed E-state index contributed by atoms with van der Waals surface area (Å²) >= 11 is 0. The molecule has 1 aromatic heterocycles. The third-order valence-electron chi connectivity index (χ3n) is 4.00. The van der Waals surface area contributed by atoms with Gasteiger partial charge in [0.15, 0.2) is 0 Å². The first-order valence-corrected chi connectivity index (χ1v) is 8.08. The van der Waals surface area contributed by atoms with Gasteiger partial charge in [0.2, 0.25) is 0 Å². The molecule has 0 spiro atoms. The Labute approximate surface area is 137 Å². The van der Waals surface area contributed by atoms with Crippen LogP contribution in [0.15, 0.2) is 60.8 Å². The lowest BCUT2D eigenvalue weighted by Crippen LogP contribution is -2.16. The van der Waals surface area contributed by atoms with Crippen molar-refractivity contribution in [2.24, 2.45) is 5.73 Å². The number of para-hydroxylation sites is 1. The summed E-state index contributed by atoms with van der Waals surface area (Å²) in [6.45, 7) is 2.44. The Kier molecular flexibility index (Phi) is 5.25. The highest BCUT2D eigenvalue weighted by molar-refractivity contribution is 5.83. The largest absolute Gasteiger partial charge is 0.361 e. The van der Waals surface area contributed by atoms with Crippen LogP contribution in [0.4, 0.5) is 0 Å². The fourth-order valence-corrected chi connectivity index (χ4v) is 2.74. The second kappa shape index (κ2) is 7.77. The Hall–Kier alpha value is -2.36. The molecule has 0 amide bonds. The van der Waals surface area contributed by atoms with Gasteiger partial charge in [-0.05, 0) is 35.7 Å². The molecule has 3 nitrogen and oxygen atoms in total. The minimum absolute atomic E-state index is 0.580. The summed E-state index contributed by atoms with van der Waals surface area (Å²) in [6, 6.07) is 17.0. The first kappa shape index (κ1) is 15.5. The molecule has 0 radical (unpaired) electrons. The zero-order valence-electron chi connectivity index (χ0n) is 13.3. The van der Waals surface area contributed by atoms with Crippen LogP contribution in [-0.2, 0) is 13.0 Å². The maximum absolute atomic E-state index is 5.46. The topological polar surface area (TPSA) is 53.8 Å². The van der Waals surface area contributed by atoms with Crippen molar-refractivity contribution in [2.45, 2.75) is 13.0 Å². The average Bonchev–Trinajstić information content (AvgIpc) is 3.01. The molecule has 4 N–H and O–H groups in total. The van der Waals surface area contributed by atoms with E-state index in [9.17, 15) is 0 Å². The molecule has 0 aliphatic rings. The predicted octanol–water partition coefficient (Wildman–Crippen LogP) is 3.47. The maximum Gasteiger partial charge on any atom is 0.0456 e. The summed E-state index contributed by atoms with van der Waals surface area (Å²) in [5.74, 6) is 0. The fraction of sp³-hybridized carbons (Fsp3) is 0.200. The number of fused-ring (bicyclic) bond motifs is 1. The standard InChI is InChI=1S/C20H23N3/c21-12-3-4-16-7-9-17(10-8-16)14-22-13-11-18-15-23-20-6-2-1-5-19(18)20/h1-10,15,22-23H,11-14,21H2/b4-3+. The fourth-order valence-electron chi connectivity index (χ4n) is 2.74. The van der Waals surface area contributed by atoms with Gasteiger partial charge in [0.1, 0.15) is 0 Å².